The molecular weight excluding hydrogens is 392 g/mol. The number of likely N-dealkylation sites (tertiary alicyclic amines) is 1. The number of aryl methyl sites for hydroxylation is 1. The number of nitrogens with zero attached hydrogens (tertiary/aromatic N) is 3. The lowest BCUT2D eigenvalue weighted by Gasteiger charge is -2.23. The summed E-state index contributed by atoms with van der Waals surface area (Å²) in [4.78, 5) is 33.9. The number of carbonyl (C=O) groups excluding carboxylic acids is 1. The Bertz CT molecular complexity index is 856. The summed E-state index contributed by atoms with van der Waals surface area (Å²) in [6.45, 7) is 1.83. The molecule has 2 aromatic heterocycles. The van der Waals surface area contributed by atoms with E-state index in [1.54, 1.807) is 12.3 Å². The Balaban J connectivity index is 1.60. The number of carbonyl (C=O) groups is 2. The molecule has 1 saturated heterocycles. The second-order valence-corrected chi connectivity index (χ2v) is 7.25. The summed E-state index contributed by atoms with van der Waals surface area (Å²) in [5, 5.41) is 12.3. The van der Waals surface area contributed by atoms with E-state index >= 15 is 0 Å². The van der Waals surface area contributed by atoms with E-state index in [0.29, 0.717) is 29.0 Å². The molecule has 2 N–H and O–H groups in total. The van der Waals surface area contributed by atoms with Crippen molar-refractivity contribution in [1.82, 2.24) is 14.9 Å². The highest BCUT2D eigenvalue weighted by molar-refractivity contribution is 9.10. The number of aromatic nitrogens is 2. The van der Waals surface area contributed by atoms with Crippen LogP contribution in [0.25, 0.3) is 0 Å². The second-order valence-electron chi connectivity index (χ2n) is 6.44. The summed E-state index contributed by atoms with van der Waals surface area (Å²) >= 11 is 3.27. The number of pyridine rings is 1. The van der Waals surface area contributed by atoms with Crippen LogP contribution < -0.4 is 5.32 Å². The number of fused-ring (bicyclic) bond motifs is 1. The number of amides is 2. The van der Waals surface area contributed by atoms with Gasteiger partial charge in [-0.25, -0.2) is 14.8 Å². The molecule has 0 radical (unpaired) electrons. The van der Waals surface area contributed by atoms with Gasteiger partial charge in [0.2, 0.25) is 5.91 Å². The number of halogens is 1. The third-order valence-corrected chi connectivity index (χ3v) is 5.46. The van der Waals surface area contributed by atoms with Crippen molar-refractivity contribution < 1.29 is 19.1 Å². The van der Waals surface area contributed by atoms with Gasteiger partial charge in [-0.05, 0) is 47.3 Å². The van der Waals surface area contributed by atoms with Gasteiger partial charge in [0.1, 0.15) is 22.2 Å². The van der Waals surface area contributed by atoms with Crippen LogP contribution in [0.15, 0.2) is 33.7 Å². The third kappa shape index (κ3) is 2.50. The molecule has 2 aromatic rings. The van der Waals surface area contributed by atoms with Gasteiger partial charge in [0.05, 0.1) is 11.6 Å². The highest BCUT2D eigenvalue weighted by Crippen LogP contribution is 2.60. The molecule has 2 aliphatic rings. The SMILES string of the molecule is Cc1ccc(Br)nc1NC(=O)[C@@H]1C[C@@]2(c3cnco3)C[C@H]2N1C(=O)O. The molecule has 1 aliphatic heterocycles. The highest BCUT2D eigenvalue weighted by atomic mass is 79.9. The van der Waals surface area contributed by atoms with E-state index in [0.717, 1.165) is 5.56 Å². The van der Waals surface area contributed by atoms with Crippen LogP contribution in [0.2, 0.25) is 0 Å². The quantitative estimate of drug-likeness (QED) is 0.758. The van der Waals surface area contributed by atoms with Crippen molar-refractivity contribution in [2.24, 2.45) is 0 Å². The minimum absolute atomic E-state index is 0.259. The number of oxazole rings is 1. The van der Waals surface area contributed by atoms with E-state index in [2.05, 4.69) is 31.2 Å². The van der Waals surface area contributed by atoms with Crippen molar-refractivity contribution in [2.75, 3.05) is 5.32 Å². The van der Waals surface area contributed by atoms with E-state index in [4.69, 9.17) is 4.42 Å². The predicted molar refractivity (Wildman–Crippen MR) is 90.2 cm³/mol. The van der Waals surface area contributed by atoms with E-state index in [1.165, 1.54) is 11.3 Å². The van der Waals surface area contributed by atoms with Crippen LogP contribution in [0.4, 0.5) is 10.6 Å². The van der Waals surface area contributed by atoms with Crippen LogP contribution in [0.3, 0.4) is 0 Å². The smallest absolute Gasteiger partial charge is 0.408 e. The lowest BCUT2D eigenvalue weighted by Crippen LogP contribution is -2.45. The first kappa shape index (κ1) is 16.1. The minimum Gasteiger partial charge on any atom is -0.465 e. The normalized spacial score (nSPS) is 27.0. The van der Waals surface area contributed by atoms with Crippen LogP contribution in [-0.2, 0) is 10.2 Å². The Labute approximate surface area is 151 Å². The maximum Gasteiger partial charge on any atom is 0.408 e. The Morgan fingerprint density at radius 1 is 1.44 bits per heavy atom. The molecule has 0 unspecified atom stereocenters. The highest BCUT2D eigenvalue weighted by Gasteiger charge is 2.70. The van der Waals surface area contributed by atoms with Gasteiger partial charge < -0.3 is 14.8 Å². The first-order valence-electron chi connectivity index (χ1n) is 7.76. The first-order valence-corrected chi connectivity index (χ1v) is 8.56. The number of anilines is 1. The maximum atomic E-state index is 12.8. The number of nitrogens with one attached hydrogen (secondary N) is 1. The summed E-state index contributed by atoms with van der Waals surface area (Å²) in [6, 6.07) is 2.55. The van der Waals surface area contributed by atoms with Gasteiger partial charge in [0, 0.05) is 6.04 Å². The summed E-state index contributed by atoms with van der Waals surface area (Å²) < 4.78 is 5.98. The lowest BCUT2D eigenvalue weighted by molar-refractivity contribution is -0.120. The largest absolute Gasteiger partial charge is 0.465 e. The number of rotatable bonds is 3. The zero-order valence-electron chi connectivity index (χ0n) is 13.3. The van der Waals surface area contributed by atoms with Gasteiger partial charge >= 0.3 is 6.09 Å². The molecule has 25 heavy (non-hydrogen) atoms. The van der Waals surface area contributed by atoms with Crippen LogP contribution >= 0.6 is 15.9 Å². The van der Waals surface area contributed by atoms with Gasteiger partial charge in [-0.2, -0.15) is 0 Å². The van der Waals surface area contributed by atoms with Gasteiger partial charge in [-0.3, -0.25) is 9.69 Å². The molecule has 3 heterocycles. The molecule has 1 saturated carbocycles. The van der Waals surface area contributed by atoms with Crippen LogP contribution in [0.1, 0.15) is 24.2 Å². The topological polar surface area (TPSA) is 109 Å². The molecule has 0 aromatic carbocycles. The molecule has 2 amide bonds. The van der Waals surface area contributed by atoms with Gasteiger partial charge in [-0.15, -0.1) is 0 Å². The zero-order valence-corrected chi connectivity index (χ0v) is 14.9. The van der Waals surface area contributed by atoms with Crippen molar-refractivity contribution in [2.45, 2.75) is 37.3 Å². The Morgan fingerprint density at radius 3 is 2.92 bits per heavy atom. The number of piperidine rings is 1. The van der Waals surface area contributed by atoms with Crippen molar-refractivity contribution in [3.63, 3.8) is 0 Å². The van der Waals surface area contributed by atoms with Gasteiger partial charge in [-0.1, -0.05) is 6.07 Å². The first-order chi connectivity index (χ1) is 11.9. The fourth-order valence-corrected chi connectivity index (χ4v) is 3.98. The van der Waals surface area contributed by atoms with E-state index < -0.39 is 17.6 Å². The molecule has 130 valence electrons. The van der Waals surface area contributed by atoms with Gasteiger partial charge in [0.25, 0.3) is 0 Å². The van der Waals surface area contributed by atoms with E-state index in [1.807, 2.05) is 13.0 Å². The second kappa shape index (κ2) is 5.55. The summed E-state index contributed by atoms with van der Waals surface area (Å²) in [7, 11) is 0. The molecule has 2 fully saturated rings. The summed E-state index contributed by atoms with van der Waals surface area (Å²) in [5.74, 6) is 0.664. The fourth-order valence-electron chi connectivity index (χ4n) is 3.67. The van der Waals surface area contributed by atoms with Crippen molar-refractivity contribution >= 4 is 33.7 Å². The van der Waals surface area contributed by atoms with Crippen molar-refractivity contribution in [3.05, 3.63) is 40.7 Å². The summed E-state index contributed by atoms with van der Waals surface area (Å²) in [6.07, 6.45) is 2.83. The molecule has 0 bridgehead atoms. The average molecular weight is 407 g/mol. The van der Waals surface area contributed by atoms with E-state index in [9.17, 15) is 14.7 Å². The van der Waals surface area contributed by atoms with Crippen LogP contribution in [0.5, 0.6) is 0 Å². The van der Waals surface area contributed by atoms with Gasteiger partial charge in [0.15, 0.2) is 6.39 Å². The van der Waals surface area contributed by atoms with Crippen molar-refractivity contribution in [1.29, 1.82) is 0 Å². The zero-order chi connectivity index (χ0) is 17.8. The molecular formula is C16H15BrN4O4. The molecule has 1 aliphatic carbocycles. The average Bonchev–Trinajstić information content (AvgIpc) is 2.97. The van der Waals surface area contributed by atoms with Crippen molar-refractivity contribution in [3.8, 4) is 0 Å². The number of hydrogen-bond donors (Lipinski definition) is 2. The number of carboxylic acid groups (broad SMARTS) is 1. The molecule has 3 atom stereocenters. The Kier molecular flexibility index (Phi) is 3.57. The molecule has 8 nitrogen and oxygen atoms in total. The minimum atomic E-state index is -1.11. The Morgan fingerprint density at radius 2 is 2.24 bits per heavy atom. The molecule has 0 spiro atoms. The lowest BCUT2D eigenvalue weighted by atomic mass is 9.97. The van der Waals surface area contributed by atoms with Crippen LogP contribution in [-0.4, -0.2) is 44.1 Å². The monoisotopic (exact) mass is 406 g/mol. The summed E-state index contributed by atoms with van der Waals surface area (Å²) in [5.41, 5.74) is 0.350. The van der Waals surface area contributed by atoms with Crippen LogP contribution in [0, 0.1) is 6.92 Å². The predicted octanol–water partition coefficient (Wildman–Crippen LogP) is 2.54. The Hall–Kier alpha value is -2.42. The molecule has 9 heteroatoms. The number of hydrogen-bond acceptors (Lipinski definition) is 5. The fraction of sp³-hybridized carbons (Fsp3) is 0.375. The maximum absolute atomic E-state index is 12.8. The standard InChI is InChI=1S/C16H15BrN4O4/c1-8-2-3-12(17)19-13(8)20-14(22)9-4-16(11-6-18-7-25-11)5-10(16)21(9)15(23)24/h2-3,6-7,9-10H,4-5H2,1H3,(H,23,24)(H,19,20,22)/t9-,10+,16+/m0/s1. The molecule has 4 rings (SSSR count). The van der Waals surface area contributed by atoms with E-state index in [-0.39, 0.29) is 11.9 Å². The third-order valence-electron chi connectivity index (χ3n) is 5.02.